The number of hydrogen-bond acceptors (Lipinski definition) is 2. The van der Waals surface area contributed by atoms with Crippen molar-refractivity contribution in [1.82, 2.24) is 0 Å². The lowest BCUT2D eigenvalue weighted by atomic mass is 9.59. The third kappa shape index (κ3) is 2.00. The van der Waals surface area contributed by atoms with Crippen LogP contribution < -0.4 is 0 Å². The highest BCUT2D eigenvalue weighted by molar-refractivity contribution is 5.74. The Bertz CT molecular complexity index is 360. The van der Waals surface area contributed by atoms with Crippen molar-refractivity contribution in [2.45, 2.75) is 39.5 Å². The van der Waals surface area contributed by atoms with Gasteiger partial charge in [-0.25, -0.2) is 0 Å². The van der Waals surface area contributed by atoms with Crippen LogP contribution in [0.15, 0.2) is 12.2 Å². The number of rotatable bonds is 0. The first-order chi connectivity index (χ1) is 8.66. The van der Waals surface area contributed by atoms with Gasteiger partial charge < -0.3 is 4.74 Å². The van der Waals surface area contributed by atoms with Crippen LogP contribution in [-0.4, -0.2) is 12.6 Å². The minimum absolute atomic E-state index is 0.0816. The Morgan fingerprint density at radius 2 is 2.06 bits per heavy atom. The van der Waals surface area contributed by atoms with Crippen LogP contribution in [0, 0.1) is 35.5 Å². The maximum Gasteiger partial charge on any atom is 0.309 e. The first-order valence-electron chi connectivity index (χ1n) is 7.51. The highest BCUT2D eigenvalue weighted by Gasteiger charge is 2.46. The Hall–Kier alpha value is -0.790. The van der Waals surface area contributed by atoms with E-state index in [4.69, 9.17) is 4.74 Å². The number of carbonyl (C=O) groups excluding carboxylic acids is 1. The van der Waals surface area contributed by atoms with E-state index in [9.17, 15) is 4.79 Å². The molecule has 1 aliphatic heterocycles. The fourth-order valence-electron chi connectivity index (χ4n) is 4.57. The average Bonchev–Trinajstić information content (AvgIpc) is 2.51. The molecule has 1 saturated heterocycles. The van der Waals surface area contributed by atoms with Crippen molar-refractivity contribution in [2.24, 2.45) is 35.5 Å². The van der Waals surface area contributed by atoms with Crippen LogP contribution in [0.3, 0.4) is 0 Å². The van der Waals surface area contributed by atoms with E-state index in [0.717, 1.165) is 18.8 Å². The highest BCUT2D eigenvalue weighted by atomic mass is 16.5. The van der Waals surface area contributed by atoms with Gasteiger partial charge in [0, 0.05) is 0 Å². The largest absolute Gasteiger partial charge is 0.465 e. The molecule has 0 amide bonds. The summed E-state index contributed by atoms with van der Waals surface area (Å²) in [5.41, 5.74) is 0. The predicted molar refractivity (Wildman–Crippen MR) is 70.9 cm³/mol. The molecular formula is C16H24O2. The topological polar surface area (TPSA) is 26.3 Å². The minimum Gasteiger partial charge on any atom is -0.465 e. The van der Waals surface area contributed by atoms with Crippen molar-refractivity contribution in [1.29, 1.82) is 0 Å². The zero-order valence-electron chi connectivity index (χ0n) is 11.5. The lowest BCUT2D eigenvalue weighted by Gasteiger charge is -2.45. The molecule has 0 unspecified atom stereocenters. The van der Waals surface area contributed by atoms with Gasteiger partial charge in [0.2, 0.25) is 0 Å². The van der Waals surface area contributed by atoms with Crippen molar-refractivity contribution in [2.75, 3.05) is 6.61 Å². The van der Waals surface area contributed by atoms with E-state index >= 15 is 0 Å². The second-order valence-electron chi connectivity index (χ2n) is 6.68. The standard InChI is InChI=1S/C16H24O2/c1-10-8-11(2)13-6-5-12-4-3-7-18-16(17)15(12)14(13)9-10/h5-6,10-15H,3-4,7-9H2,1-2H3/t10-,11-,12-,13-,14-,15-/m1/s1. The van der Waals surface area contributed by atoms with Crippen molar-refractivity contribution in [3.63, 3.8) is 0 Å². The van der Waals surface area contributed by atoms with Gasteiger partial charge in [-0.3, -0.25) is 4.79 Å². The smallest absolute Gasteiger partial charge is 0.309 e. The lowest BCUT2D eigenvalue weighted by molar-refractivity contribution is -0.152. The van der Waals surface area contributed by atoms with Gasteiger partial charge >= 0.3 is 5.97 Å². The van der Waals surface area contributed by atoms with Gasteiger partial charge in [0.1, 0.15) is 0 Å². The highest BCUT2D eigenvalue weighted by Crippen LogP contribution is 2.49. The summed E-state index contributed by atoms with van der Waals surface area (Å²) >= 11 is 0. The van der Waals surface area contributed by atoms with E-state index in [1.807, 2.05) is 0 Å². The second kappa shape index (κ2) is 4.71. The first kappa shape index (κ1) is 12.3. The Morgan fingerprint density at radius 1 is 1.22 bits per heavy atom. The van der Waals surface area contributed by atoms with E-state index in [1.54, 1.807) is 0 Å². The summed E-state index contributed by atoms with van der Waals surface area (Å²) in [5.74, 6) is 3.28. The molecule has 2 heteroatoms. The molecule has 0 aromatic heterocycles. The molecule has 3 aliphatic rings. The molecule has 6 atom stereocenters. The van der Waals surface area contributed by atoms with E-state index in [2.05, 4.69) is 26.0 Å². The number of allylic oxidation sites excluding steroid dienone is 2. The van der Waals surface area contributed by atoms with Crippen molar-refractivity contribution < 1.29 is 9.53 Å². The molecule has 0 spiro atoms. The quantitative estimate of drug-likeness (QED) is 0.485. The number of ether oxygens (including phenoxy) is 1. The fraction of sp³-hybridized carbons (Fsp3) is 0.812. The van der Waals surface area contributed by atoms with E-state index < -0.39 is 0 Å². The van der Waals surface area contributed by atoms with E-state index in [1.165, 1.54) is 12.8 Å². The summed E-state index contributed by atoms with van der Waals surface area (Å²) in [7, 11) is 0. The molecule has 0 bridgehead atoms. The molecule has 2 fully saturated rings. The molecule has 0 aromatic carbocycles. The van der Waals surface area contributed by atoms with Gasteiger partial charge in [0.05, 0.1) is 12.5 Å². The maximum atomic E-state index is 12.3. The van der Waals surface area contributed by atoms with Gasteiger partial charge in [-0.05, 0) is 55.3 Å². The Morgan fingerprint density at radius 3 is 2.89 bits per heavy atom. The summed E-state index contributed by atoms with van der Waals surface area (Å²) < 4.78 is 5.42. The maximum absolute atomic E-state index is 12.3. The van der Waals surface area contributed by atoms with Gasteiger partial charge in [-0.2, -0.15) is 0 Å². The molecule has 0 N–H and O–H groups in total. The van der Waals surface area contributed by atoms with Crippen LogP contribution in [0.2, 0.25) is 0 Å². The molecule has 2 nitrogen and oxygen atoms in total. The number of hydrogen-bond donors (Lipinski definition) is 0. The van der Waals surface area contributed by atoms with Crippen molar-refractivity contribution in [3.8, 4) is 0 Å². The van der Waals surface area contributed by atoms with Gasteiger partial charge in [0.25, 0.3) is 0 Å². The van der Waals surface area contributed by atoms with E-state index in [0.29, 0.717) is 30.3 Å². The Labute approximate surface area is 110 Å². The summed E-state index contributed by atoms with van der Waals surface area (Å²) in [4.78, 5) is 12.3. The molecular weight excluding hydrogens is 224 g/mol. The minimum atomic E-state index is 0.0816. The third-order valence-corrected chi connectivity index (χ3v) is 5.30. The van der Waals surface area contributed by atoms with Gasteiger partial charge in [-0.1, -0.05) is 26.0 Å². The van der Waals surface area contributed by atoms with Crippen LogP contribution in [0.4, 0.5) is 0 Å². The third-order valence-electron chi connectivity index (χ3n) is 5.30. The van der Waals surface area contributed by atoms with Crippen molar-refractivity contribution >= 4 is 5.97 Å². The van der Waals surface area contributed by atoms with Crippen LogP contribution in [0.25, 0.3) is 0 Å². The summed E-state index contributed by atoms with van der Waals surface area (Å²) in [5, 5.41) is 0. The summed E-state index contributed by atoms with van der Waals surface area (Å²) in [6.45, 7) is 5.31. The van der Waals surface area contributed by atoms with Crippen LogP contribution in [0.5, 0.6) is 0 Å². The number of cyclic esters (lactones) is 1. The van der Waals surface area contributed by atoms with Crippen LogP contribution in [-0.2, 0) is 9.53 Å². The molecule has 3 rings (SSSR count). The van der Waals surface area contributed by atoms with Crippen LogP contribution >= 0.6 is 0 Å². The predicted octanol–water partition coefficient (Wildman–Crippen LogP) is 3.42. The molecule has 1 saturated carbocycles. The van der Waals surface area contributed by atoms with E-state index in [-0.39, 0.29) is 11.9 Å². The average molecular weight is 248 g/mol. The van der Waals surface area contributed by atoms with Crippen molar-refractivity contribution in [3.05, 3.63) is 12.2 Å². The normalized spacial score (nSPS) is 47.8. The van der Waals surface area contributed by atoms with Gasteiger partial charge in [-0.15, -0.1) is 0 Å². The number of esters is 1. The van der Waals surface area contributed by atoms with Crippen LogP contribution in [0.1, 0.15) is 39.5 Å². The molecule has 18 heavy (non-hydrogen) atoms. The summed E-state index contributed by atoms with van der Waals surface area (Å²) in [6.07, 6.45) is 9.40. The SMILES string of the molecule is C[C@H]1C[C@@H]2[C@H](C=C[C@H]3CCCOC(=O)[C@@H]23)[C@H](C)C1. The molecule has 0 aromatic rings. The monoisotopic (exact) mass is 248 g/mol. The fourth-order valence-corrected chi connectivity index (χ4v) is 4.57. The van der Waals surface area contributed by atoms with Gasteiger partial charge in [0.15, 0.2) is 0 Å². The summed E-state index contributed by atoms with van der Waals surface area (Å²) in [6, 6.07) is 0. The molecule has 100 valence electrons. The zero-order valence-corrected chi connectivity index (χ0v) is 11.5. The second-order valence-corrected chi connectivity index (χ2v) is 6.68. The first-order valence-corrected chi connectivity index (χ1v) is 7.51. The lowest BCUT2D eigenvalue weighted by Crippen LogP contribution is -2.42. The molecule has 1 heterocycles. The Kier molecular flexibility index (Phi) is 3.21. The number of carbonyl (C=O) groups is 1. The molecule has 2 aliphatic carbocycles. The zero-order chi connectivity index (χ0) is 12.7. The Balaban J connectivity index is 1.91. The molecule has 0 radical (unpaired) electrons. The number of fused-ring (bicyclic) bond motifs is 3.